The lowest BCUT2D eigenvalue weighted by Crippen LogP contribution is -2.09. The quantitative estimate of drug-likeness (QED) is 0.684. The Kier molecular flexibility index (Phi) is 4.47. The van der Waals surface area contributed by atoms with Gasteiger partial charge < -0.3 is 5.32 Å². The second-order valence-electron chi connectivity index (χ2n) is 2.63. The number of alkyl halides is 6. The summed E-state index contributed by atoms with van der Waals surface area (Å²) in [7, 11) is 0. The maximum atomic E-state index is 12.1. The summed E-state index contributed by atoms with van der Waals surface area (Å²) in [5.74, 6) is -0.315. The van der Waals surface area contributed by atoms with E-state index in [1.54, 1.807) is 0 Å². The third kappa shape index (κ3) is 5.44. The molecule has 0 amide bonds. The molecule has 3 nitrogen and oxygen atoms in total. The molecule has 0 atom stereocenters. The first-order chi connectivity index (χ1) is 7.68. The maximum absolute atomic E-state index is 12.1. The van der Waals surface area contributed by atoms with Crippen LogP contribution in [0, 0.1) is 0 Å². The molecule has 98 valence electrons. The van der Waals surface area contributed by atoms with Gasteiger partial charge in [0.2, 0.25) is 10.1 Å². The third-order valence-corrected chi connectivity index (χ3v) is 2.97. The molecular formula is C6H5F6N3S2. The molecule has 0 radical (unpaired) electrons. The molecule has 0 aliphatic carbocycles. The van der Waals surface area contributed by atoms with Gasteiger partial charge in [-0.15, -0.1) is 10.2 Å². The van der Waals surface area contributed by atoms with Crippen LogP contribution in [0.1, 0.15) is 5.01 Å². The Labute approximate surface area is 99.6 Å². The molecule has 0 aliphatic heterocycles. The molecule has 0 fully saturated rings. The van der Waals surface area contributed by atoms with Crippen molar-refractivity contribution in [2.24, 2.45) is 0 Å². The molecule has 0 unspecified atom stereocenters. The molecule has 0 spiro atoms. The fourth-order valence-corrected chi connectivity index (χ4v) is 1.81. The van der Waals surface area contributed by atoms with Gasteiger partial charge in [0.25, 0.3) is 0 Å². The van der Waals surface area contributed by atoms with Gasteiger partial charge in [-0.3, -0.25) is 0 Å². The van der Waals surface area contributed by atoms with Crippen molar-refractivity contribution >= 4 is 28.2 Å². The van der Waals surface area contributed by atoms with Gasteiger partial charge in [-0.1, -0.05) is 11.3 Å². The number of aromatic nitrogens is 2. The van der Waals surface area contributed by atoms with Gasteiger partial charge in [0.1, 0.15) is 0 Å². The summed E-state index contributed by atoms with van der Waals surface area (Å²) in [4.78, 5) is 0. The van der Waals surface area contributed by atoms with Crippen LogP contribution in [-0.4, -0.2) is 28.0 Å². The second-order valence-corrected chi connectivity index (χ2v) is 4.77. The molecule has 1 aromatic heterocycles. The fourth-order valence-electron chi connectivity index (χ4n) is 0.734. The van der Waals surface area contributed by atoms with Crippen molar-refractivity contribution in [3.05, 3.63) is 5.01 Å². The first kappa shape index (κ1) is 14.4. The highest BCUT2D eigenvalue weighted by Crippen LogP contribution is 2.33. The predicted octanol–water partition coefficient (Wildman–Crippen LogP) is 3.22. The molecule has 0 saturated heterocycles. The SMILES string of the molecule is FC(F)(F)SCCNc1nnc(C(F)(F)F)s1. The van der Waals surface area contributed by atoms with E-state index in [1.165, 1.54) is 0 Å². The van der Waals surface area contributed by atoms with Gasteiger partial charge in [-0.2, -0.15) is 26.3 Å². The van der Waals surface area contributed by atoms with Crippen molar-refractivity contribution in [3.63, 3.8) is 0 Å². The zero-order valence-electron chi connectivity index (χ0n) is 7.89. The number of hydrogen-bond acceptors (Lipinski definition) is 5. The zero-order chi connectivity index (χ0) is 13.1. The Hall–Kier alpha value is -0.710. The fraction of sp³-hybridized carbons (Fsp3) is 0.667. The van der Waals surface area contributed by atoms with Gasteiger partial charge in [0.15, 0.2) is 0 Å². The number of nitrogens with zero attached hydrogens (tertiary/aromatic N) is 2. The Morgan fingerprint density at radius 2 is 1.76 bits per heavy atom. The topological polar surface area (TPSA) is 37.8 Å². The van der Waals surface area contributed by atoms with Crippen LogP contribution in [0.5, 0.6) is 0 Å². The van der Waals surface area contributed by atoms with E-state index in [1.807, 2.05) is 0 Å². The first-order valence-corrected chi connectivity index (χ1v) is 5.84. The average Bonchev–Trinajstić information content (AvgIpc) is 2.58. The number of rotatable bonds is 4. The van der Waals surface area contributed by atoms with Crippen LogP contribution in [-0.2, 0) is 6.18 Å². The third-order valence-electron chi connectivity index (χ3n) is 1.31. The van der Waals surface area contributed by atoms with E-state index >= 15 is 0 Å². The number of anilines is 1. The average molecular weight is 297 g/mol. The summed E-state index contributed by atoms with van der Waals surface area (Å²) < 4.78 is 71.3. The van der Waals surface area contributed by atoms with Crippen LogP contribution in [0.4, 0.5) is 31.5 Å². The number of hydrogen-bond donors (Lipinski definition) is 1. The number of thioether (sulfide) groups is 1. The van der Waals surface area contributed by atoms with Crippen molar-refractivity contribution in [2.45, 2.75) is 11.7 Å². The number of nitrogens with one attached hydrogen (secondary N) is 1. The molecule has 0 saturated carbocycles. The predicted molar refractivity (Wildman–Crippen MR) is 51.9 cm³/mol. The lowest BCUT2D eigenvalue weighted by atomic mass is 10.7. The zero-order valence-corrected chi connectivity index (χ0v) is 9.53. The molecular weight excluding hydrogens is 292 g/mol. The summed E-state index contributed by atoms with van der Waals surface area (Å²) in [6, 6.07) is 0. The molecule has 17 heavy (non-hydrogen) atoms. The Morgan fingerprint density at radius 3 is 2.24 bits per heavy atom. The second kappa shape index (κ2) is 5.29. The lowest BCUT2D eigenvalue weighted by molar-refractivity contribution is -0.138. The minimum absolute atomic E-state index is 0.142. The van der Waals surface area contributed by atoms with E-state index < -0.39 is 16.7 Å². The monoisotopic (exact) mass is 297 g/mol. The summed E-state index contributed by atoms with van der Waals surface area (Å²) in [5.41, 5.74) is -4.35. The smallest absolute Gasteiger partial charge is 0.359 e. The standard InChI is InChI=1S/C6H5F6N3S2/c7-5(8,9)3-14-15-4(17-3)13-1-2-16-6(10,11)12/h1-2H2,(H,13,15). The van der Waals surface area contributed by atoms with Crippen LogP contribution in [0.15, 0.2) is 0 Å². The summed E-state index contributed by atoms with van der Waals surface area (Å²) >= 11 is -0.0142. The van der Waals surface area contributed by atoms with E-state index in [0.717, 1.165) is 0 Å². The highest BCUT2D eigenvalue weighted by molar-refractivity contribution is 8.00. The van der Waals surface area contributed by atoms with Crippen molar-refractivity contribution in [1.29, 1.82) is 0 Å². The van der Waals surface area contributed by atoms with Gasteiger partial charge in [0, 0.05) is 12.3 Å². The van der Waals surface area contributed by atoms with Gasteiger partial charge in [-0.25, -0.2) is 0 Å². The Morgan fingerprint density at radius 1 is 1.12 bits per heavy atom. The molecule has 0 aromatic carbocycles. The molecule has 1 N–H and O–H groups in total. The minimum atomic E-state index is -4.59. The van der Waals surface area contributed by atoms with Crippen LogP contribution in [0.2, 0.25) is 0 Å². The molecule has 1 aromatic rings. The van der Waals surface area contributed by atoms with Crippen LogP contribution >= 0.6 is 23.1 Å². The van der Waals surface area contributed by atoms with Crippen molar-refractivity contribution < 1.29 is 26.3 Å². The van der Waals surface area contributed by atoms with E-state index in [9.17, 15) is 26.3 Å². The van der Waals surface area contributed by atoms with Crippen LogP contribution in [0.25, 0.3) is 0 Å². The normalized spacial score (nSPS) is 12.8. The minimum Gasteiger partial charge on any atom is -0.359 e. The van der Waals surface area contributed by atoms with Gasteiger partial charge in [-0.05, 0) is 11.8 Å². The molecule has 0 aliphatic rings. The van der Waals surface area contributed by atoms with Crippen molar-refractivity contribution in [3.8, 4) is 0 Å². The van der Waals surface area contributed by atoms with Crippen molar-refractivity contribution in [2.75, 3.05) is 17.6 Å². The summed E-state index contributed by atoms with van der Waals surface area (Å²) in [5, 5.41) is 7.08. The van der Waals surface area contributed by atoms with Crippen LogP contribution in [0.3, 0.4) is 0 Å². The number of halogens is 6. The van der Waals surface area contributed by atoms with E-state index in [0.29, 0.717) is 0 Å². The van der Waals surface area contributed by atoms with Gasteiger partial charge in [0.05, 0.1) is 0 Å². The molecule has 1 heterocycles. The van der Waals surface area contributed by atoms with E-state index in [2.05, 4.69) is 15.5 Å². The first-order valence-electron chi connectivity index (χ1n) is 4.04. The molecule has 11 heteroatoms. The van der Waals surface area contributed by atoms with E-state index in [4.69, 9.17) is 0 Å². The Bertz CT molecular complexity index is 359. The lowest BCUT2D eigenvalue weighted by Gasteiger charge is -2.05. The summed E-state index contributed by atoms with van der Waals surface area (Å²) in [6.45, 7) is -0.142. The van der Waals surface area contributed by atoms with Crippen LogP contribution < -0.4 is 5.32 Å². The van der Waals surface area contributed by atoms with E-state index in [-0.39, 0.29) is 40.5 Å². The summed E-state index contributed by atoms with van der Waals surface area (Å²) in [6.07, 6.45) is -4.59. The highest BCUT2D eigenvalue weighted by Gasteiger charge is 2.35. The van der Waals surface area contributed by atoms with Crippen molar-refractivity contribution in [1.82, 2.24) is 10.2 Å². The highest BCUT2D eigenvalue weighted by atomic mass is 32.2. The largest absolute Gasteiger partial charge is 0.445 e. The Balaban J connectivity index is 2.36. The molecule has 0 bridgehead atoms. The maximum Gasteiger partial charge on any atom is 0.445 e. The van der Waals surface area contributed by atoms with Gasteiger partial charge >= 0.3 is 11.7 Å². The molecule has 1 rings (SSSR count).